The van der Waals surface area contributed by atoms with Crippen molar-refractivity contribution in [2.75, 3.05) is 5.75 Å². The van der Waals surface area contributed by atoms with Crippen molar-refractivity contribution in [2.45, 2.75) is 24.8 Å². The summed E-state index contributed by atoms with van der Waals surface area (Å²) < 4.78 is 13.2. The highest BCUT2D eigenvalue weighted by atomic mass is 32.2. The second-order valence-corrected chi connectivity index (χ2v) is 5.94. The van der Waals surface area contributed by atoms with Crippen LogP contribution < -0.4 is 11.3 Å². The summed E-state index contributed by atoms with van der Waals surface area (Å²) in [4.78, 5) is 1.24. The topological polar surface area (TPSA) is 38.0 Å². The van der Waals surface area contributed by atoms with Crippen molar-refractivity contribution in [3.05, 3.63) is 65.0 Å². The Hall–Kier alpha value is -1.36. The molecule has 2 nitrogen and oxygen atoms in total. The van der Waals surface area contributed by atoms with E-state index in [1.54, 1.807) is 17.8 Å². The van der Waals surface area contributed by atoms with E-state index in [9.17, 15) is 4.39 Å². The van der Waals surface area contributed by atoms with E-state index >= 15 is 0 Å². The standard InChI is InChI=1S/C16H19FN2S/c1-3-20-14-7-4-12(5-8-14)16(19-18)15-9-6-13(17)10-11(15)2/h4-10,16,19H,3,18H2,1-2H3. The Morgan fingerprint density at radius 2 is 1.90 bits per heavy atom. The van der Waals surface area contributed by atoms with Crippen LogP contribution in [0, 0.1) is 12.7 Å². The molecule has 0 aromatic heterocycles. The number of hydrogen-bond donors (Lipinski definition) is 2. The van der Waals surface area contributed by atoms with Crippen molar-refractivity contribution in [1.29, 1.82) is 0 Å². The van der Waals surface area contributed by atoms with Crippen LogP contribution in [-0.2, 0) is 0 Å². The first-order chi connectivity index (χ1) is 9.65. The van der Waals surface area contributed by atoms with Crippen molar-refractivity contribution in [2.24, 2.45) is 5.84 Å². The zero-order valence-electron chi connectivity index (χ0n) is 11.7. The van der Waals surface area contributed by atoms with Gasteiger partial charge >= 0.3 is 0 Å². The number of aryl methyl sites for hydroxylation is 1. The fraction of sp³-hybridized carbons (Fsp3) is 0.250. The fourth-order valence-corrected chi connectivity index (χ4v) is 2.91. The van der Waals surface area contributed by atoms with E-state index in [1.807, 2.05) is 6.92 Å². The number of benzene rings is 2. The Balaban J connectivity index is 2.31. The summed E-state index contributed by atoms with van der Waals surface area (Å²) in [5.74, 6) is 6.52. The van der Waals surface area contributed by atoms with Gasteiger partial charge in [0.05, 0.1) is 6.04 Å². The average molecular weight is 290 g/mol. The summed E-state index contributed by atoms with van der Waals surface area (Å²) in [6, 6.07) is 12.9. The van der Waals surface area contributed by atoms with E-state index < -0.39 is 0 Å². The molecule has 0 heterocycles. The third kappa shape index (κ3) is 3.39. The van der Waals surface area contributed by atoms with Gasteiger partial charge in [-0.1, -0.05) is 25.1 Å². The first kappa shape index (κ1) is 15.0. The highest BCUT2D eigenvalue weighted by molar-refractivity contribution is 7.99. The second kappa shape index (κ2) is 6.88. The van der Waals surface area contributed by atoms with Gasteiger partial charge < -0.3 is 0 Å². The maximum atomic E-state index is 13.2. The van der Waals surface area contributed by atoms with Crippen molar-refractivity contribution in [1.82, 2.24) is 5.43 Å². The van der Waals surface area contributed by atoms with E-state index in [2.05, 4.69) is 36.6 Å². The molecule has 2 aromatic rings. The van der Waals surface area contributed by atoms with Gasteiger partial charge in [0.1, 0.15) is 5.82 Å². The molecule has 106 valence electrons. The number of hydrazine groups is 1. The van der Waals surface area contributed by atoms with E-state index in [0.717, 1.165) is 22.4 Å². The van der Waals surface area contributed by atoms with E-state index in [0.29, 0.717) is 0 Å². The Morgan fingerprint density at radius 1 is 1.20 bits per heavy atom. The molecular weight excluding hydrogens is 271 g/mol. The van der Waals surface area contributed by atoms with Gasteiger partial charge in [-0.05, 0) is 53.6 Å². The Bertz CT molecular complexity index is 569. The van der Waals surface area contributed by atoms with Crippen molar-refractivity contribution in [3.8, 4) is 0 Å². The summed E-state index contributed by atoms with van der Waals surface area (Å²) in [6.45, 7) is 4.02. The molecule has 0 aliphatic rings. The van der Waals surface area contributed by atoms with Gasteiger partial charge in [-0.2, -0.15) is 0 Å². The third-order valence-electron chi connectivity index (χ3n) is 3.23. The summed E-state index contributed by atoms with van der Waals surface area (Å²) in [7, 11) is 0. The maximum absolute atomic E-state index is 13.2. The summed E-state index contributed by atoms with van der Waals surface area (Å²) in [5, 5.41) is 0. The summed E-state index contributed by atoms with van der Waals surface area (Å²) >= 11 is 1.80. The van der Waals surface area contributed by atoms with E-state index in [1.165, 1.54) is 17.0 Å². The molecule has 0 aliphatic heterocycles. The zero-order valence-corrected chi connectivity index (χ0v) is 12.5. The van der Waals surface area contributed by atoms with Crippen molar-refractivity contribution >= 4 is 11.8 Å². The molecule has 0 fully saturated rings. The van der Waals surface area contributed by atoms with Crippen molar-refractivity contribution < 1.29 is 4.39 Å². The van der Waals surface area contributed by atoms with Crippen LogP contribution in [0.4, 0.5) is 4.39 Å². The molecule has 2 rings (SSSR count). The molecule has 3 N–H and O–H groups in total. The van der Waals surface area contributed by atoms with Crippen LogP contribution >= 0.6 is 11.8 Å². The zero-order chi connectivity index (χ0) is 14.5. The van der Waals surface area contributed by atoms with Crippen LogP contribution in [-0.4, -0.2) is 5.75 Å². The number of hydrogen-bond acceptors (Lipinski definition) is 3. The first-order valence-electron chi connectivity index (χ1n) is 6.60. The Kier molecular flexibility index (Phi) is 5.17. The van der Waals surface area contributed by atoms with Crippen LogP contribution in [0.5, 0.6) is 0 Å². The number of rotatable bonds is 5. The number of halogens is 1. The monoisotopic (exact) mass is 290 g/mol. The van der Waals surface area contributed by atoms with Crippen molar-refractivity contribution in [3.63, 3.8) is 0 Å². The van der Waals surface area contributed by atoms with Crippen LogP contribution in [0.1, 0.15) is 29.7 Å². The number of nitrogens with two attached hydrogens (primary N) is 1. The lowest BCUT2D eigenvalue weighted by molar-refractivity contribution is 0.612. The van der Waals surface area contributed by atoms with Crippen LogP contribution in [0.15, 0.2) is 47.4 Å². The molecule has 0 aliphatic carbocycles. The molecule has 0 saturated heterocycles. The molecule has 0 saturated carbocycles. The summed E-state index contributed by atoms with van der Waals surface area (Å²) in [6.07, 6.45) is 0. The third-order valence-corrected chi connectivity index (χ3v) is 4.13. The molecular formula is C16H19FN2S. The lowest BCUT2D eigenvalue weighted by Gasteiger charge is -2.19. The number of thioether (sulfide) groups is 1. The van der Waals surface area contributed by atoms with E-state index in [-0.39, 0.29) is 11.9 Å². The van der Waals surface area contributed by atoms with Crippen LogP contribution in [0.3, 0.4) is 0 Å². The molecule has 2 aromatic carbocycles. The van der Waals surface area contributed by atoms with Gasteiger partial charge in [0.2, 0.25) is 0 Å². The molecule has 0 radical (unpaired) electrons. The highest BCUT2D eigenvalue weighted by Crippen LogP contribution is 2.27. The fourth-order valence-electron chi connectivity index (χ4n) is 2.25. The smallest absolute Gasteiger partial charge is 0.123 e. The minimum Gasteiger partial charge on any atom is -0.271 e. The normalized spacial score (nSPS) is 12.4. The predicted molar refractivity (Wildman–Crippen MR) is 83.1 cm³/mol. The van der Waals surface area contributed by atoms with Gasteiger partial charge in [-0.3, -0.25) is 5.84 Å². The van der Waals surface area contributed by atoms with Gasteiger partial charge in [0.25, 0.3) is 0 Å². The molecule has 1 atom stereocenters. The summed E-state index contributed by atoms with van der Waals surface area (Å²) in [5.41, 5.74) is 5.77. The van der Waals surface area contributed by atoms with Gasteiger partial charge in [0, 0.05) is 4.90 Å². The molecule has 1 unspecified atom stereocenters. The predicted octanol–water partition coefficient (Wildman–Crippen LogP) is 3.80. The van der Waals surface area contributed by atoms with Crippen LogP contribution in [0.25, 0.3) is 0 Å². The average Bonchev–Trinajstić information content (AvgIpc) is 2.44. The SMILES string of the molecule is CCSc1ccc(C(NN)c2ccc(F)cc2C)cc1. The molecule has 0 bridgehead atoms. The van der Waals surface area contributed by atoms with E-state index in [4.69, 9.17) is 5.84 Å². The van der Waals surface area contributed by atoms with Gasteiger partial charge in [-0.15, -0.1) is 11.8 Å². The molecule has 0 amide bonds. The molecule has 20 heavy (non-hydrogen) atoms. The van der Waals surface area contributed by atoms with Gasteiger partial charge in [-0.25, -0.2) is 9.82 Å². The highest BCUT2D eigenvalue weighted by Gasteiger charge is 2.15. The lowest BCUT2D eigenvalue weighted by atomic mass is 9.95. The number of nitrogens with one attached hydrogen (secondary N) is 1. The molecule has 4 heteroatoms. The Morgan fingerprint density at radius 3 is 2.45 bits per heavy atom. The van der Waals surface area contributed by atoms with Crippen LogP contribution in [0.2, 0.25) is 0 Å². The Labute approximate surface area is 123 Å². The maximum Gasteiger partial charge on any atom is 0.123 e. The minimum atomic E-state index is -0.225. The lowest BCUT2D eigenvalue weighted by Crippen LogP contribution is -2.29. The minimum absolute atomic E-state index is 0.128. The largest absolute Gasteiger partial charge is 0.271 e. The first-order valence-corrected chi connectivity index (χ1v) is 7.59. The molecule has 0 spiro atoms. The second-order valence-electron chi connectivity index (χ2n) is 4.60. The quantitative estimate of drug-likeness (QED) is 0.500. The van der Waals surface area contributed by atoms with Gasteiger partial charge in [0.15, 0.2) is 0 Å².